The number of likely N-dealkylation sites (N-methyl/N-ethyl adjacent to an activating group) is 1. The molecule has 4 rings (SSSR count). The van der Waals surface area contributed by atoms with Crippen molar-refractivity contribution in [3.05, 3.63) is 83.4 Å². The van der Waals surface area contributed by atoms with E-state index in [0.717, 1.165) is 36.3 Å². The van der Waals surface area contributed by atoms with Gasteiger partial charge in [-0.3, -0.25) is 4.79 Å². The van der Waals surface area contributed by atoms with E-state index in [1.807, 2.05) is 42.5 Å². The number of anilines is 2. The molecule has 0 spiro atoms. The largest absolute Gasteiger partial charge is 0.371 e. The summed E-state index contributed by atoms with van der Waals surface area (Å²) in [4.78, 5) is 15.4. The van der Waals surface area contributed by atoms with Crippen LogP contribution < -0.4 is 10.2 Å². The lowest BCUT2D eigenvalue weighted by Crippen LogP contribution is -2.19. The number of carbonyl (C=O) groups is 1. The normalized spacial score (nSPS) is 12.4. The van der Waals surface area contributed by atoms with E-state index < -0.39 is 0 Å². The Labute approximate surface area is 165 Å². The monoisotopic (exact) mass is 367 g/mol. The molecular weight excluding hydrogens is 346 g/mol. The number of rotatable bonds is 4. The lowest BCUT2D eigenvalue weighted by Gasteiger charge is -2.18. The van der Waals surface area contributed by atoms with E-state index in [1.54, 1.807) is 12.1 Å². The van der Waals surface area contributed by atoms with Gasteiger partial charge in [-0.2, -0.15) is 5.26 Å². The van der Waals surface area contributed by atoms with Gasteiger partial charge in [-0.05, 0) is 48.7 Å². The summed E-state index contributed by atoms with van der Waals surface area (Å²) in [6.45, 7) is 4.12. The Morgan fingerprint density at radius 2 is 1.82 bits per heavy atom. The second kappa shape index (κ2) is 7.58. The molecule has 1 N–H and O–H groups in total. The maximum Gasteiger partial charge on any atom is 0.256 e. The van der Waals surface area contributed by atoms with Crippen molar-refractivity contribution in [1.82, 2.24) is 0 Å². The second-order valence-electron chi connectivity index (χ2n) is 6.83. The van der Waals surface area contributed by atoms with Crippen molar-refractivity contribution in [2.75, 3.05) is 23.3 Å². The topological polar surface area (TPSA) is 56.1 Å². The van der Waals surface area contributed by atoms with Gasteiger partial charge in [0.25, 0.3) is 5.91 Å². The highest BCUT2D eigenvalue weighted by Crippen LogP contribution is 2.31. The quantitative estimate of drug-likeness (QED) is 0.716. The molecule has 3 aromatic carbocycles. The first-order valence-corrected chi connectivity index (χ1v) is 9.49. The number of hydrogen-bond acceptors (Lipinski definition) is 3. The van der Waals surface area contributed by atoms with Gasteiger partial charge in [0, 0.05) is 35.6 Å². The zero-order valence-corrected chi connectivity index (χ0v) is 15.8. The van der Waals surface area contributed by atoms with Gasteiger partial charge < -0.3 is 10.2 Å². The zero-order chi connectivity index (χ0) is 19.5. The summed E-state index contributed by atoms with van der Waals surface area (Å²) in [5.74, 6) is -0.177. The molecular formula is C24H21N3O. The van der Waals surface area contributed by atoms with Crippen LogP contribution in [0.3, 0.4) is 0 Å². The molecule has 0 aliphatic carbocycles. The standard InChI is InChI=1S/C24H21N3O/c1-2-27-14-13-17-11-12-19(15-23(17)27)26-24(28)22-10-6-5-9-21(22)20-8-4-3-7-18(20)16-25/h3-12,15H,2,13-14H2,1H3,(H,26,28). The van der Waals surface area contributed by atoms with Crippen molar-refractivity contribution in [3.8, 4) is 17.2 Å². The minimum Gasteiger partial charge on any atom is -0.371 e. The summed E-state index contributed by atoms with van der Waals surface area (Å²) in [7, 11) is 0. The van der Waals surface area contributed by atoms with Crippen molar-refractivity contribution in [1.29, 1.82) is 5.26 Å². The molecule has 0 bridgehead atoms. The Balaban J connectivity index is 1.67. The molecule has 1 amide bonds. The third-order valence-corrected chi connectivity index (χ3v) is 5.23. The molecule has 4 heteroatoms. The number of fused-ring (bicyclic) bond motifs is 1. The maximum atomic E-state index is 13.1. The van der Waals surface area contributed by atoms with E-state index in [1.165, 1.54) is 11.3 Å². The summed E-state index contributed by atoms with van der Waals surface area (Å²) in [6.07, 6.45) is 1.05. The molecule has 3 aromatic rings. The summed E-state index contributed by atoms with van der Waals surface area (Å²) in [5, 5.41) is 12.5. The molecule has 0 aromatic heterocycles. The molecule has 0 radical (unpaired) electrons. The van der Waals surface area contributed by atoms with Crippen LogP contribution in [0.4, 0.5) is 11.4 Å². The van der Waals surface area contributed by atoms with Crippen LogP contribution in [0.15, 0.2) is 66.7 Å². The minimum atomic E-state index is -0.177. The van der Waals surface area contributed by atoms with Crippen LogP contribution in [-0.2, 0) is 6.42 Å². The molecule has 0 saturated carbocycles. The van der Waals surface area contributed by atoms with E-state index in [9.17, 15) is 10.1 Å². The summed E-state index contributed by atoms with van der Waals surface area (Å²) in [5.41, 5.74) is 5.94. The highest BCUT2D eigenvalue weighted by molar-refractivity contribution is 6.09. The lowest BCUT2D eigenvalue weighted by atomic mass is 9.95. The minimum absolute atomic E-state index is 0.177. The van der Waals surface area contributed by atoms with E-state index in [-0.39, 0.29) is 5.91 Å². The molecule has 0 fully saturated rings. The van der Waals surface area contributed by atoms with Gasteiger partial charge >= 0.3 is 0 Å². The van der Waals surface area contributed by atoms with Gasteiger partial charge in [-0.15, -0.1) is 0 Å². The van der Waals surface area contributed by atoms with Crippen LogP contribution in [0.1, 0.15) is 28.4 Å². The van der Waals surface area contributed by atoms with Crippen LogP contribution in [0.5, 0.6) is 0 Å². The van der Waals surface area contributed by atoms with Crippen molar-refractivity contribution >= 4 is 17.3 Å². The first kappa shape index (κ1) is 17.8. The number of nitrogens with zero attached hydrogens (tertiary/aromatic N) is 2. The summed E-state index contributed by atoms with van der Waals surface area (Å²) < 4.78 is 0. The summed E-state index contributed by atoms with van der Waals surface area (Å²) >= 11 is 0. The fraction of sp³-hybridized carbons (Fsp3) is 0.167. The van der Waals surface area contributed by atoms with E-state index in [2.05, 4.69) is 35.3 Å². The van der Waals surface area contributed by atoms with Crippen LogP contribution >= 0.6 is 0 Å². The maximum absolute atomic E-state index is 13.1. The van der Waals surface area contributed by atoms with Gasteiger partial charge in [0.2, 0.25) is 0 Å². The number of carbonyl (C=O) groups excluding carboxylic acids is 1. The SMILES string of the molecule is CCN1CCc2ccc(NC(=O)c3ccccc3-c3ccccc3C#N)cc21. The van der Waals surface area contributed by atoms with Crippen molar-refractivity contribution < 1.29 is 4.79 Å². The molecule has 0 saturated heterocycles. The molecule has 138 valence electrons. The summed E-state index contributed by atoms with van der Waals surface area (Å²) in [6, 6.07) is 23.1. The molecule has 1 heterocycles. The number of benzene rings is 3. The molecule has 0 atom stereocenters. The average Bonchev–Trinajstić information content (AvgIpc) is 3.16. The van der Waals surface area contributed by atoms with Gasteiger partial charge in [0.05, 0.1) is 11.6 Å². The number of hydrogen-bond donors (Lipinski definition) is 1. The fourth-order valence-corrected chi connectivity index (χ4v) is 3.78. The molecule has 1 aliphatic rings. The number of nitriles is 1. The second-order valence-corrected chi connectivity index (χ2v) is 6.83. The van der Waals surface area contributed by atoms with Crippen LogP contribution in [0.25, 0.3) is 11.1 Å². The van der Waals surface area contributed by atoms with Gasteiger partial charge in [0.1, 0.15) is 0 Å². The fourth-order valence-electron chi connectivity index (χ4n) is 3.78. The Hall–Kier alpha value is -3.58. The van der Waals surface area contributed by atoms with Crippen molar-refractivity contribution in [3.63, 3.8) is 0 Å². The predicted octanol–water partition coefficient (Wildman–Crippen LogP) is 4.86. The number of amides is 1. The Bertz CT molecular complexity index is 1080. The molecule has 4 nitrogen and oxygen atoms in total. The third kappa shape index (κ3) is 3.23. The smallest absolute Gasteiger partial charge is 0.256 e. The Morgan fingerprint density at radius 3 is 2.61 bits per heavy atom. The van der Waals surface area contributed by atoms with E-state index >= 15 is 0 Å². The van der Waals surface area contributed by atoms with Gasteiger partial charge in [0.15, 0.2) is 0 Å². The Morgan fingerprint density at radius 1 is 1.07 bits per heavy atom. The van der Waals surface area contributed by atoms with Crippen LogP contribution in [0.2, 0.25) is 0 Å². The third-order valence-electron chi connectivity index (χ3n) is 5.23. The van der Waals surface area contributed by atoms with E-state index in [4.69, 9.17) is 0 Å². The first-order chi connectivity index (χ1) is 13.7. The molecule has 0 unspecified atom stereocenters. The predicted molar refractivity (Wildman–Crippen MR) is 113 cm³/mol. The van der Waals surface area contributed by atoms with Crippen molar-refractivity contribution in [2.45, 2.75) is 13.3 Å². The highest BCUT2D eigenvalue weighted by Gasteiger charge is 2.19. The van der Waals surface area contributed by atoms with Gasteiger partial charge in [-0.25, -0.2) is 0 Å². The molecule has 1 aliphatic heterocycles. The van der Waals surface area contributed by atoms with Crippen molar-refractivity contribution in [2.24, 2.45) is 0 Å². The Kier molecular flexibility index (Phi) is 4.82. The van der Waals surface area contributed by atoms with E-state index in [0.29, 0.717) is 11.1 Å². The highest BCUT2D eigenvalue weighted by atomic mass is 16.1. The average molecular weight is 367 g/mol. The van der Waals surface area contributed by atoms with Crippen LogP contribution in [0, 0.1) is 11.3 Å². The molecule has 28 heavy (non-hydrogen) atoms. The van der Waals surface area contributed by atoms with Crippen LogP contribution in [-0.4, -0.2) is 19.0 Å². The number of nitrogens with one attached hydrogen (secondary N) is 1. The van der Waals surface area contributed by atoms with Gasteiger partial charge in [-0.1, -0.05) is 42.5 Å². The zero-order valence-electron chi connectivity index (χ0n) is 15.8. The lowest BCUT2D eigenvalue weighted by molar-refractivity contribution is 0.102. The first-order valence-electron chi connectivity index (χ1n) is 9.49.